The number of thiazole rings is 1. The molecule has 100 valence electrons. The topological polar surface area (TPSA) is 42.1 Å². The standard InChI is InChI=1S/C15H19N3S/c1-11-14(19-15(16)17-11)10-12-4-6-13(7-5-12)18-8-2-3-9-18/h4-7H,2-3,8-10H2,1H3,(H2,16,17). The molecule has 1 aliphatic heterocycles. The maximum Gasteiger partial charge on any atom is 0.180 e. The van der Waals surface area contributed by atoms with Crippen molar-refractivity contribution in [1.29, 1.82) is 0 Å². The van der Waals surface area contributed by atoms with Gasteiger partial charge >= 0.3 is 0 Å². The third-order valence-electron chi connectivity index (χ3n) is 3.68. The number of hydrogen-bond acceptors (Lipinski definition) is 4. The Bertz CT molecular complexity index is 553. The van der Waals surface area contributed by atoms with Gasteiger partial charge < -0.3 is 10.6 Å². The first-order chi connectivity index (χ1) is 9.22. The molecular formula is C15H19N3S. The number of nitrogens with two attached hydrogens (primary N) is 1. The normalized spacial score (nSPS) is 15.1. The molecule has 3 rings (SSSR count). The molecule has 4 heteroatoms. The molecule has 1 fully saturated rings. The lowest BCUT2D eigenvalue weighted by molar-refractivity contribution is 0.949. The van der Waals surface area contributed by atoms with Crippen molar-refractivity contribution in [2.24, 2.45) is 0 Å². The monoisotopic (exact) mass is 273 g/mol. The van der Waals surface area contributed by atoms with Crippen molar-refractivity contribution in [3.05, 3.63) is 40.4 Å². The van der Waals surface area contributed by atoms with Crippen molar-refractivity contribution >= 4 is 22.2 Å². The van der Waals surface area contributed by atoms with Gasteiger partial charge in [0.1, 0.15) is 0 Å². The van der Waals surface area contributed by atoms with E-state index in [0.29, 0.717) is 5.13 Å². The molecule has 0 spiro atoms. The third kappa shape index (κ3) is 2.73. The van der Waals surface area contributed by atoms with E-state index in [1.54, 1.807) is 11.3 Å². The molecule has 0 atom stereocenters. The molecule has 1 aromatic carbocycles. The number of rotatable bonds is 3. The number of nitrogens with zero attached hydrogens (tertiary/aromatic N) is 2. The van der Waals surface area contributed by atoms with Gasteiger partial charge in [0.05, 0.1) is 5.69 Å². The molecule has 1 aliphatic rings. The third-order valence-corrected chi connectivity index (χ3v) is 4.67. The number of benzene rings is 1. The van der Waals surface area contributed by atoms with Gasteiger partial charge in [0.2, 0.25) is 0 Å². The highest BCUT2D eigenvalue weighted by molar-refractivity contribution is 7.15. The first-order valence-corrected chi connectivity index (χ1v) is 7.60. The lowest BCUT2D eigenvalue weighted by Crippen LogP contribution is -2.17. The van der Waals surface area contributed by atoms with Crippen LogP contribution >= 0.6 is 11.3 Å². The Hall–Kier alpha value is -1.55. The summed E-state index contributed by atoms with van der Waals surface area (Å²) < 4.78 is 0. The van der Waals surface area contributed by atoms with Crippen LogP contribution in [0.2, 0.25) is 0 Å². The maximum absolute atomic E-state index is 5.74. The van der Waals surface area contributed by atoms with Crippen molar-refractivity contribution in [2.45, 2.75) is 26.2 Å². The van der Waals surface area contributed by atoms with E-state index in [1.807, 2.05) is 6.92 Å². The number of nitrogen functional groups attached to an aromatic ring is 1. The van der Waals surface area contributed by atoms with Crippen molar-refractivity contribution in [3.8, 4) is 0 Å². The fourth-order valence-corrected chi connectivity index (χ4v) is 3.47. The maximum atomic E-state index is 5.74. The van der Waals surface area contributed by atoms with Gasteiger partial charge in [0, 0.05) is 30.1 Å². The molecule has 1 saturated heterocycles. The van der Waals surface area contributed by atoms with E-state index in [0.717, 1.165) is 12.1 Å². The molecule has 0 saturated carbocycles. The van der Waals surface area contributed by atoms with E-state index >= 15 is 0 Å². The summed E-state index contributed by atoms with van der Waals surface area (Å²) in [6.07, 6.45) is 3.57. The quantitative estimate of drug-likeness (QED) is 0.933. The van der Waals surface area contributed by atoms with E-state index in [4.69, 9.17) is 5.73 Å². The lowest BCUT2D eigenvalue weighted by Gasteiger charge is -2.17. The molecule has 3 nitrogen and oxygen atoms in total. The van der Waals surface area contributed by atoms with Gasteiger partial charge in [-0.2, -0.15) is 0 Å². The van der Waals surface area contributed by atoms with Crippen molar-refractivity contribution in [3.63, 3.8) is 0 Å². The second kappa shape index (κ2) is 5.21. The van der Waals surface area contributed by atoms with Gasteiger partial charge in [0.15, 0.2) is 5.13 Å². The van der Waals surface area contributed by atoms with E-state index in [-0.39, 0.29) is 0 Å². The Morgan fingerprint density at radius 2 is 1.89 bits per heavy atom. The summed E-state index contributed by atoms with van der Waals surface area (Å²) in [5.74, 6) is 0. The molecule has 0 radical (unpaired) electrons. The Labute approximate surface area is 118 Å². The van der Waals surface area contributed by atoms with Crippen molar-refractivity contribution in [1.82, 2.24) is 4.98 Å². The predicted molar refractivity (Wildman–Crippen MR) is 82.0 cm³/mol. The first kappa shape index (κ1) is 12.5. The highest BCUT2D eigenvalue weighted by Gasteiger charge is 2.12. The lowest BCUT2D eigenvalue weighted by atomic mass is 10.1. The summed E-state index contributed by atoms with van der Waals surface area (Å²) in [7, 11) is 0. The summed E-state index contributed by atoms with van der Waals surface area (Å²) in [5, 5.41) is 0.668. The zero-order valence-corrected chi connectivity index (χ0v) is 12.0. The van der Waals surface area contributed by atoms with Gasteiger partial charge in [-0.1, -0.05) is 12.1 Å². The van der Waals surface area contributed by atoms with E-state index < -0.39 is 0 Å². The summed E-state index contributed by atoms with van der Waals surface area (Å²) in [4.78, 5) is 8.00. The van der Waals surface area contributed by atoms with Crippen LogP contribution in [0.5, 0.6) is 0 Å². The van der Waals surface area contributed by atoms with Crippen LogP contribution in [0.15, 0.2) is 24.3 Å². The summed E-state index contributed by atoms with van der Waals surface area (Å²) in [6, 6.07) is 8.92. The van der Waals surface area contributed by atoms with Gasteiger partial charge in [-0.25, -0.2) is 4.98 Å². The number of hydrogen-bond donors (Lipinski definition) is 1. The van der Waals surface area contributed by atoms with Crippen molar-refractivity contribution < 1.29 is 0 Å². The summed E-state index contributed by atoms with van der Waals surface area (Å²) >= 11 is 1.59. The van der Waals surface area contributed by atoms with Crippen LogP contribution in [-0.2, 0) is 6.42 Å². The Kier molecular flexibility index (Phi) is 3.42. The molecule has 1 aromatic heterocycles. The zero-order chi connectivity index (χ0) is 13.2. The van der Waals surface area contributed by atoms with Gasteiger partial charge in [-0.15, -0.1) is 11.3 Å². The minimum atomic E-state index is 0.668. The van der Waals surface area contributed by atoms with Gasteiger partial charge in [-0.3, -0.25) is 0 Å². The van der Waals surface area contributed by atoms with Gasteiger partial charge in [-0.05, 0) is 37.5 Å². The average Bonchev–Trinajstić information content (AvgIpc) is 3.01. The van der Waals surface area contributed by atoms with Gasteiger partial charge in [0.25, 0.3) is 0 Å². The fraction of sp³-hybridized carbons (Fsp3) is 0.400. The second-order valence-electron chi connectivity index (χ2n) is 5.10. The van der Waals surface area contributed by atoms with Crippen LogP contribution in [0.25, 0.3) is 0 Å². The van der Waals surface area contributed by atoms with Crippen molar-refractivity contribution in [2.75, 3.05) is 23.7 Å². The Morgan fingerprint density at radius 3 is 2.47 bits per heavy atom. The largest absolute Gasteiger partial charge is 0.375 e. The van der Waals surface area contributed by atoms with Crippen LogP contribution in [0, 0.1) is 6.92 Å². The zero-order valence-electron chi connectivity index (χ0n) is 11.2. The van der Waals surface area contributed by atoms with E-state index in [2.05, 4.69) is 34.1 Å². The molecule has 19 heavy (non-hydrogen) atoms. The molecule has 0 amide bonds. The summed E-state index contributed by atoms with van der Waals surface area (Å²) in [5.41, 5.74) is 9.48. The first-order valence-electron chi connectivity index (χ1n) is 6.78. The average molecular weight is 273 g/mol. The fourth-order valence-electron chi connectivity index (χ4n) is 2.60. The number of aryl methyl sites for hydroxylation is 1. The second-order valence-corrected chi connectivity index (χ2v) is 6.21. The molecule has 0 bridgehead atoms. The van der Waals surface area contributed by atoms with Crippen LogP contribution in [0.1, 0.15) is 29.0 Å². The molecule has 0 unspecified atom stereocenters. The smallest absolute Gasteiger partial charge is 0.180 e. The SMILES string of the molecule is Cc1nc(N)sc1Cc1ccc(N2CCCC2)cc1. The predicted octanol–water partition coefficient (Wildman–Crippen LogP) is 3.22. The summed E-state index contributed by atoms with van der Waals surface area (Å²) in [6.45, 7) is 4.43. The highest BCUT2D eigenvalue weighted by Crippen LogP contribution is 2.25. The molecular weight excluding hydrogens is 254 g/mol. The number of anilines is 2. The molecule has 2 heterocycles. The van der Waals surface area contributed by atoms with Crippen LogP contribution in [0.3, 0.4) is 0 Å². The Morgan fingerprint density at radius 1 is 1.21 bits per heavy atom. The minimum Gasteiger partial charge on any atom is -0.375 e. The van der Waals surface area contributed by atoms with Crippen LogP contribution in [0.4, 0.5) is 10.8 Å². The molecule has 0 aliphatic carbocycles. The number of aromatic nitrogens is 1. The Balaban J connectivity index is 1.73. The molecule has 2 N–H and O–H groups in total. The molecule has 2 aromatic rings. The van der Waals surface area contributed by atoms with Crippen LogP contribution < -0.4 is 10.6 Å². The van der Waals surface area contributed by atoms with E-state index in [9.17, 15) is 0 Å². The van der Waals surface area contributed by atoms with Crippen LogP contribution in [-0.4, -0.2) is 18.1 Å². The minimum absolute atomic E-state index is 0.668. The highest BCUT2D eigenvalue weighted by atomic mass is 32.1. The van der Waals surface area contributed by atoms with E-state index in [1.165, 1.54) is 42.1 Å².